The molecule has 0 bridgehead atoms. The lowest BCUT2D eigenvalue weighted by atomic mass is 10.2. The minimum absolute atomic E-state index is 0.0149. The summed E-state index contributed by atoms with van der Waals surface area (Å²) in [5, 5.41) is 19.8. The summed E-state index contributed by atoms with van der Waals surface area (Å²) < 4.78 is 41.6. The third-order valence-corrected chi connectivity index (χ3v) is 4.57. The molecule has 0 aliphatic rings. The topological polar surface area (TPSA) is 86.7 Å². The lowest BCUT2D eigenvalue weighted by molar-refractivity contribution is -0.146. The third-order valence-electron chi connectivity index (χ3n) is 3.66. The molecule has 0 aliphatic heterocycles. The zero-order valence-electron chi connectivity index (χ0n) is 13.8. The number of hydrogen-bond acceptors (Lipinski definition) is 7. The molecular formula is C15H11F3N8S. The highest BCUT2D eigenvalue weighted by molar-refractivity contribution is 7.99. The van der Waals surface area contributed by atoms with Crippen LogP contribution < -0.4 is 0 Å². The molecule has 0 spiro atoms. The molecule has 4 aromatic rings. The third kappa shape index (κ3) is 3.23. The molecule has 0 N–H and O–H groups in total. The number of nitrogens with zero attached hydrogens (tertiary/aromatic N) is 8. The van der Waals surface area contributed by atoms with Gasteiger partial charge in [-0.25, -0.2) is 0 Å². The molecule has 0 saturated heterocycles. The molecule has 4 rings (SSSR count). The van der Waals surface area contributed by atoms with E-state index in [9.17, 15) is 13.2 Å². The van der Waals surface area contributed by atoms with E-state index >= 15 is 0 Å². The number of aromatic nitrogens is 8. The quantitative estimate of drug-likeness (QED) is 0.528. The summed E-state index contributed by atoms with van der Waals surface area (Å²) in [4.78, 5) is 3.97. The van der Waals surface area contributed by atoms with Crippen molar-refractivity contribution in [2.45, 2.75) is 29.8 Å². The van der Waals surface area contributed by atoms with E-state index in [2.05, 4.69) is 30.5 Å². The molecule has 0 fully saturated rings. The highest BCUT2D eigenvalue weighted by Crippen LogP contribution is 2.30. The Morgan fingerprint density at radius 1 is 1.00 bits per heavy atom. The maximum absolute atomic E-state index is 13.0. The van der Waals surface area contributed by atoms with Crippen molar-refractivity contribution in [2.75, 3.05) is 0 Å². The summed E-state index contributed by atoms with van der Waals surface area (Å²) in [6.45, 7) is 2.51. The van der Waals surface area contributed by atoms with Gasteiger partial charge in [-0.2, -0.15) is 22.8 Å². The Hall–Kier alpha value is -3.02. The Balaban J connectivity index is 1.71. The second kappa shape index (κ2) is 6.61. The van der Waals surface area contributed by atoms with Crippen molar-refractivity contribution in [1.29, 1.82) is 0 Å². The summed E-state index contributed by atoms with van der Waals surface area (Å²) >= 11 is 1.11. The molecule has 0 amide bonds. The number of halogens is 3. The van der Waals surface area contributed by atoms with Gasteiger partial charge in [0.2, 0.25) is 0 Å². The van der Waals surface area contributed by atoms with Crippen LogP contribution in [0.5, 0.6) is 0 Å². The van der Waals surface area contributed by atoms with E-state index in [1.807, 2.05) is 23.6 Å². The molecule has 0 unspecified atom stereocenters. The Bertz CT molecular complexity index is 1090. The van der Waals surface area contributed by atoms with E-state index in [1.165, 1.54) is 6.07 Å². The van der Waals surface area contributed by atoms with E-state index in [0.29, 0.717) is 27.1 Å². The van der Waals surface area contributed by atoms with Gasteiger partial charge in [0, 0.05) is 24.5 Å². The van der Waals surface area contributed by atoms with Crippen LogP contribution in [0, 0.1) is 0 Å². The predicted molar refractivity (Wildman–Crippen MR) is 88.8 cm³/mol. The van der Waals surface area contributed by atoms with Crippen molar-refractivity contribution in [3.63, 3.8) is 0 Å². The van der Waals surface area contributed by atoms with E-state index in [1.54, 1.807) is 18.5 Å². The van der Waals surface area contributed by atoms with Crippen molar-refractivity contribution >= 4 is 17.4 Å². The van der Waals surface area contributed by atoms with E-state index in [4.69, 9.17) is 0 Å². The molecule has 0 atom stereocenters. The van der Waals surface area contributed by atoms with Crippen LogP contribution in [0.25, 0.3) is 17.0 Å². The van der Waals surface area contributed by atoms with Crippen LogP contribution in [0.1, 0.15) is 12.7 Å². The van der Waals surface area contributed by atoms with Crippen LogP contribution in [0.2, 0.25) is 0 Å². The second-order valence-corrected chi connectivity index (χ2v) is 6.34. The molecule has 4 heterocycles. The maximum Gasteiger partial charge on any atom is 0.453 e. The molecule has 0 aliphatic carbocycles. The fourth-order valence-electron chi connectivity index (χ4n) is 2.46. The first-order chi connectivity index (χ1) is 13.0. The summed E-state index contributed by atoms with van der Waals surface area (Å²) in [5.74, 6) is -0.530. The van der Waals surface area contributed by atoms with Crippen molar-refractivity contribution in [1.82, 2.24) is 39.6 Å². The first kappa shape index (κ1) is 17.4. The van der Waals surface area contributed by atoms with Gasteiger partial charge in [-0.3, -0.25) is 4.98 Å². The van der Waals surface area contributed by atoms with Gasteiger partial charge >= 0.3 is 6.18 Å². The fourth-order valence-corrected chi connectivity index (χ4v) is 3.31. The Labute approximate surface area is 154 Å². The molecule has 138 valence electrons. The monoisotopic (exact) mass is 392 g/mol. The number of fused-ring (bicyclic) bond motifs is 1. The average molecular weight is 392 g/mol. The van der Waals surface area contributed by atoms with Gasteiger partial charge in [-0.1, -0.05) is 0 Å². The SMILES string of the molecule is CCn1c(Sc2ccc3nnc(C(F)(F)F)n3n2)nnc1-c1ccncc1. The van der Waals surface area contributed by atoms with Crippen molar-refractivity contribution in [3.05, 3.63) is 42.5 Å². The van der Waals surface area contributed by atoms with Gasteiger partial charge in [0.05, 0.1) is 0 Å². The summed E-state index contributed by atoms with van der Waals surface area (Å²) in [5.41, 5.74) is 0.855. The minimum Gasteiger partial charge on any atom is -0.302 e. The first-order valence-electron chi connectivity index (χ1n) is 7.78. The van der Waals surface area contributed by atoms with Gasteiger partial charge in [-0.15, -0.1) is 20.4 Å². The fraction of sp³-hybridized carbons (Fsp3) is 0.200. The van der Waals surface area contributed by atoms with Gasteiger partial charge in [-0.05, 0) is 43.0 Å². The number of alkyl halides is 3. The van der Waals surface area contributed by atoms with E-state index in [-0.39, 0.29) is 5.65 Å². The van der Waals surface area contributed by atoms with E-state index < -0.39 is 12.0 Å². The largest absolute Gasteiger partial charge is 0.453 e. The molecule has 0 aromatic carbocycles. The second-order valence-electron chi connectivity index (χ2n) is 5.35. The molecule has 27 heavy (non-hydrogen) atoms. The first-order valence-corrected chi connectivity index (χ1v) is 8.60. The number of hydrogen-bond donors (Lipinski definition) is 0. The normalized spacial score (nSPS) is 12.0. The summed E-state index contributed by atoms with van der Waals surface area (Å²) in [7, 11) is 0. The minimum atomic E-state index is -4.65. The number of rotatable bonds is 4. The molecule has 8 nitrogen and oxygen atoms in total. The zero-order valence-corrected chi connectivity index (χ0v) is 14.6. The van der Waals surface area contributed by atoms with Gasteiger partial charge < -0.3 is 4.57 Å². The molecule has 0 radical (unpaired) electrons. The molecule has 12 heteroatoms. The summed E-state index contributed by atoms with van der Waals surface area (Å²) in [6.07, 6.45) is -1.35. The van der Waals surface area contributed by atoms with Crippen LogP contribution in [0.4, 0.5) is 13.2 Å². The smallest absolute Gasteiger partial charge is 0.302 e. The van der Waals surface area contributed by atoms with Crippen LogP contribution >= 0.6 is 11.8 Å². The van der Waals surface area contributed by atoms with Crippen molar-refractivity contribution < 1.29 is 13.2 Å². The van der Waals surface area contributed by atoms with Crippen molar-refractivity contribution in [3.8, 4) is 11.4 Å². The lowest BCUT2D eigenvalue weighted by Crippen LogP contribution is -2.12. The molecular weight excluding hydrogens is 381 g/mol. The predicted octanol–water partition coefficient (Wildman–Crippen LogP) is 2.97. The lowest BCUT2D eigenvalue weighted by Gasteiger charge is -2.07. The Morgan fingerprint density at radius 2 is 1.78 bits per heavy atom. The molecule has 0 saturated carbocycles. The Kier molecular flexibility index (Phi) is 4.26. The molecule has 4 aromatic heterocycles. The highest BCUT2D eigenvalue weighted by Gasteiger charge is 2.37. The highest BCUT2D eigenvalue weighted by atomic mass is 32.2. The average Bonchev–Trinajstić information content (AvgIpc) is 3.25. The van der Waals surface area contributed by atoms with E-state index in [0.717, 1.165) is 17.3 Å². The van der Waals surface area contributed by atoms with Crippen LogP contribution in [-0.4, -0.2) is 39.6 Å². The zero-order chi connectivity index (χ0) is 19.0. The maximum atomic E-state index is 13.0. The summed E-state index contributed by atoms with van der Waals surface area (Å²) in [6, 6.07) is 6.60. The van der Waals surface area contributed by atoms with Crippen LogP contribution in [0.15, 0.2) is 46.8 Å². The number of pyridine rings is 1. The standard InChI is InChI=1S/C15H11F3N8S/c1-2-25-12(9-5-7-19-8-6-9)21-23-14(25)27-11-4-3-10-20-22-13(15(16,17)18)26(10)24-11/h3-8H,2H2,1H3. The van der Waals surface area contributed by atoms with Gasteiger partial charge in [0.1, 0.15) is 5.03 Å². The van der Waals surface area contributed by atoms with Crippen LogP contribution in [0.3, 0.4) is 0 Å². The Morgan fingerprint density at radius 3 is 2.48 bits per heavy atom. The van der Waals surface area contributed by atoms with Gasteiger partial charge in [0.25, 0.3) is 5.82 Å². The van der Waals surface area contributed by atoms with Crippen LogP contribution in [-0.2, 0) is 12.7 Å². The van der Waals surface area contributed by atoms with Crippen molar-refractivity contribution in [2.24, 2.45) is 0 Å². The van der Waals surface area contributed by atoms with Gasteiger partial charge in [0.15, 0.2) is 16.6 Å².